The highest BCUT2D eigenvalue weighted by molar-refractivity contribution is 6.04. The molecule has 0 saturated heterocycles. The second-order valence-corrected chi connectivity index (χ2v) is 6.12. The van der Waals surface area contributed by atoms with Crippen molar-refractivity contribution in [1.29, 1.82) is 0 Å². The molecule has 0 aliphatic heterocycles. The SMILES string of the molecule is CC(C)c1cnc(-c2ccc(NC(=O)c3ccn(C)c(=O)c3)cc2)o1. The molecule has 6 heteroatoms. The number of oxazole rings is 1. The van der Waals surface area contributed by atoms with Gasteiger partial charge in [-0.1, -0.05) is 13.8 Å². The van der Waals surface area contributed by atoms with Crippen LogP contribution in [0, 0.1) is 0 Å². The van der Waals surface area contributed by atoms with E-state index < -0.39 is 0 Å². The Labute approximate surface area is 145 Å². The van der Waals surface area contributed by atoms with Crippen LogP contribution in [0.2, 0.25) is 0 Å². The molecule has 128 valence electrons. The molecular formula is C19H19N3O3. The standard InChI is InChI=1S/C19H19N3O3/c1-12(2)16-11-20-19(25-16)13-4-6-15(7-5-13)21-18(24)14-8-9-22(3)17(23)10-14/h4-12H,1-3H3,(H,21,24). The highest BCUT2D eigenvalue weighted by Gasteiger charge is 2.11. The fourth-order valence-corrected chi connectivity index (χ4v) is 2.28. The van der Waals surface area contributed by atoms with Gasteiger partial charge in [-0.2, -0.15) is 0 Å². The van der Waals surface area contributed by atoms with Crippen molar-refractivity contribution in [2.75, 3.05) is 5.32 Å². The van der Waals surface area contributed by atoms with Gasteiger partial charge in [-0.15, -0.1) is 0 Å². The average Bonchev–Trinajstić information content (AvgIpc) is 3.08. The first-order chi connectivity index (χ1) is 11.9. The van der Waals surface area contributed by atoms with Crippen LogP contribution in [0.1, 0.15) is 35.9 Å². The molecule has 25 heavy (non-hydrogen) atoms. The molecule has 0 unspecified atom stereocenters. The minimum Gasteiger partial charge on any atom is -0.441 e. The number of nitrogens with zero attached hydrogens (tertiary/aromatic N) is 2. The van der Waals surface area contributed by atoms with Crippen molar-refractivity contribution in [3.05, 3.63) is 70.5 Å². The van der Waals surface area contributed by atoms with E-state index in [1.54, 1.807) is 37.6 Å². The number of hydrogen-bond donors (Lipinski definition) is 1. The number of pyridine rings is 1. The number of carbonyl (C=O) groups is 1. The summed E-state index contributed by atoms with van der Waals surface area (Å²) in [6.45, 7) is 4.08. The Morgan fingerprint density at radius 2 is 1.92 bits per heavy atom. The fraction of sp³-hybridized carbons (Fsp3) is 0.211. The Morgan fingerprint density at radius 3 is 2.52 bits per heavy atom. The Kier molecular flexibility index (Phi) is 4.52. The summed E-state index contributed by atoms with van der Waals surface area (Å²) in [5, 5.41) is 2.77. The minimum absolute atomic E-state index is 0.229. The molecule has 0 bridgehead atoms. The molecule has 3 rings (SSSR count). The highest BCUT2D eigenvalue weighted by Crippen LogP contribution is 2.24. The maximum Gasteiger partial charge on any atom is 0.255 e. The molecule has 1 amide bonds. The van der Waals surface area contributed by atoms with Crippen LogP contribution >= 0.6 is 0 Å². The van der Waals surface area contributed by atoms with Gasteiger partial charge in [0.25, 0.3) is 11.5 Å². The molecule has 0 aliphatic rings. The molecule has 1 aromatic carbocycles. The predicted octanol–water partition coefficient (Wildman–Crippen LogP) is 3.42. The van der Waals surface area contributed by atoms with Gasteiger partial charge in [0.2, 0.25) is 5.89 Å². The third kappa shape index (κ3) is 3.68. The summed E-state index contributed by atoms with van der Waals surface area (Å²) >= 11 is 0. The van der Waals surface area contributed by atoms with Crippen LogP contribution in [-0.4, -0.2) is 15.5 Å². The smallest absolute Gasteiger partial charge is 0.255 e. The molecular weight excluding hydrogens is 318 g/mol. The lowest BCUT2D eigenvalue weighted by molar-refractivity contribution is 0.102. The summed E-state index contributed by atoms with van der Waals surface area (Å²) in [7, 11) is 1.64. The molecule has 0 aliphatic carbocycles. The van der Waals surface area contributed by atoms with Crippen molar-refractivity contribution < 1.29 is 9.21 Å². The van der Waals surface area contributed by atoms with Crippen LogP contribution < -0.4 is 10.9 Å². The van der Waals surface area contributed by atoms with Crippen LogP contribution in [0.25, 0.3) is 11.5 Å². The number of aromatic nitrogens is 2. The summed E-state index contributed by atoms with van der Waals surface area (Å²) in [6.07, 6.45) is 3.29. The Morgan fingerprint density at radius 1 is 1.20 bits per heavy atom. The Balaban J connectivity index is 1.74. The molecule has 3 aromatic rings. The lowest BCUT2D eigenvalue weighted by atomic mass is 10.2. The van der Waals surface area contributed by atoms with Gasteiger partial charge in [-0.3, -0.25) is 9.59 Å². The first-order valence-electron chi connectivity index (χ1n) is 7.98. The van der Waals surface area contributed by atoms with Gasteiger partial charge in [-0.25, -0.2) is 4.98 Å². The number of amides is 1. The lowest BCUT2D eigenvalue weighted by Gasteiger charge is -2.06. The molecule has 0 fully saturated rings. The van der Waals surface area contributed by atoms with E-state index in [-0.39, 0.29) is 17.4 Å². The Hall–Kier alpha value is -3.15. The highest BCUT2D eigenvalue weighted by atomic mass is 16.4. The van der Waals surface area contributed by atoms with Crippen LogP contribution in [0.4, 0.5) is 5.69 Å². The van der Waals surface area contributed by atoms with Crippen molar-refractivity contribution in [2.24, 2.45) is 7.05 Å². The van der Waals surface area contributed by atoms with E-state index >= 15 is 0 Å². The summed E-state index contributed by atoms with van der Waals surface area (Å²) in [4.78, 5) is 28.1. The van der Waals surface area contributed by atoms with Crippen molar-refractivity contribution in [2.45, 2.75) is 19.8 Å². The number of carbonyl (C=O) groups excluding carboxylic acids is 1. The zero-order valence-electron chi connectivity index (χ0n) is 14.3. The van der Waals surface area contributed by atoms with E-state index in [2.05, 4.69) is 10.3 Å². The van der Waals surface area contributed by atoms with Crippen LogP contribution in [-0.2, 0) is 7.05 Å². The normalized spacial score (nSPS) is 10.9. The maximum atomic E-state index is 12.2. The molecule has 0 atom stereocenters. The summed E-state index contributed by atoms with van der Waals surface area (Å²) in [5.74, 6) is 1.33. The summed E-state index contributed by atoms with van der Waals surface area (Å²) in [6, 6.07) is 10.1. The van der Waals surface area contributed by atoms with Gasteiger partial charge in [0.1, 0.15) is 5.76 Å². The summed E-state index contributed by atoms with van der Waals surface area (Å²) in [5.41, 5.74) is 1.55. The average molecular weight is 337 g/mol. The largest absolute Gasteiger partial charge is 0.441 e. The third-order valence-electron chi connectivity index (χ3n) is 3.85. The summed E-state index contributed by atoms with van der Waals surface area (Å²) < 4.78 is 7.12. The molecule has 6 nitrogen and oxygen atoms in total. The number of hydrogen-bond acceptors (Lipinski definition) is 4. The first-order valence-corrected chi connectivity index (χ1v) is 7.98. The van der Waals surface area contributed by atoms with Gasteiger partial charge < -0.3 is 14.3 Å². The minimum atomic E-state index is -0.330. The fourth-order valence-electron chi connectivity index (χ4n) is 2.28. The van der Waals surface area contributed by atoms with Crippen LogP contribution in [0.5, 0.6) is 0 Å². The van der Waals surface area contributed by atoms with Crippen molar-refractivity contribution in [1.82, 2.24) is 9.55 Å². The second kappa shape index (κ2) is 6.76. The number of anilines is 1. The molecule has 0 spiro atoms. The van der Waals surface area contributed by atoms with E-state index in [4.69, 9.17) is 4.42 Å². The van der Waals surface area contributed by atoms with E-state index in [1.807, 2.05) is 26.0 Å². The third-order valence-corrected chi connectivity index (χ3v) is 3.85. The number of benzene rings is 1. The van der Waals surface area contributed by atoms with Gasteiger partial charge in [0, 0.05) is 42.0 Å². The number of nitrogens with one attached hydrogen (secondary N) is 1. The monoisotopic (exact) mass is 337 g/mol. The van der Waals surface area contributed by atoms with Crippen LogP contribution in [0.3, 0.4) is 0 Å². The van der Waals surface area contributed by atoms with Crippen LogP contribution in [0.15, 0.2) is 58.0 Å². The molecule has 0 saturated carbocycles. The topological polar surface area (TPSA) is 77.1 Å². The molecule has 1 N–H and O–H groups in total. The van der Waals surface area contributed by atoms with E-state index in [9.17, 15) is 9.59 Å². The number of aryl methyl sites for hydroxylation is 1. The van der Waals surface area contributed by atoms with Gasteiger partial charge >= 0.3 is 0 Å². The number of rotatable bonds is 4. The second-order valence-electron chi connectivity index (χ2n) is 6.12. The van der Waals surface area contributed by atoms with E-state index in [0.717, 1.165) is 11.3 Å². The van der Waals surface area contributed by atoms with Gasteiger partial charge in [0.15, 0.2) is 0 Å². The zero-order chi connectivity index (χ0) is 18.0. The van der Waals surface area contributed by atoms with Gasteiger partial charge in [-0.05, 0) is 30.3 Å². The maximum absolute atomic E-state index is 12.2. The lowest BCUT2D eigenvalue weighted by Crippen LogP contribution is -2.19. The van der Waals surface area contributed by atoms with Crippen molar-refractivity contribution in [3.8, 4) is 11.5 Å². The van der Waals surface area contributed by atoms with E-state index in [1.165, 1.54) is 10.6 Å². The first kappa shape index (κ1) is 16.7. The Bertz CT molecular complexity index is 953. The molecule has 0 radical (unpaired) electrons. The van der Waals surface area contributed by atoms with Gasteiger partial charge in [0.05, 0.1) is 6.20 Å². The zero-order valence-corrected chi connectivity index (χ0v) is 14.3. The molecule has 2 heterocycles. The van der Waals surface area contributed by atoms with Crippen molar-refractivity contribution >= 4 is 11.6 Å². The van der Waals surface area contributed by atoms with E-state index in [0.29, 0.717) is 17.1 Å². The quantitative estimate of drug-likeness (QED) is 0.791. The molecule has 2 aromatic heterocycles. The van der Waals surface area contributed by atoms with Crippen molar-refractivity contribution in [3.63, 3.8) is 0 Å². The predicted molar refractivity (Wildman–Crippen MR) is 95.7 cm³/mol.